The summed E-state index contributed by atoms with van der Waals surface area (Å²) in [6, 6.07) is 0. The molecule has 0 aromatic rings. The van der Waals surface area contributed by atoms with Gasteiger partial charge in [0.15, 0.2) is 0 Å². The van der Waals surface area contributed by atoms with E-state index < -0.39 is 0 Å². The number of hydrogen-bond donors (Lipinski definition) is 1. The number of ether oxygens (including phenoxy) is 1. The van der Waals surface area contributed by atoms with Gasteiger partial charge < -0.3 is 10.5 Å². The van der Waals surface area contributed by atoms with Gasteiger partial charge in [0, 0.05) is 31.8 Å². The highest BCUT2D eigenvalue weighted by Gasteiger charge is 2.35. The van der Waals surface area contributed by atoms with Crippen LogP contribution in [0.15, 0.2) is 0 Å². The second-order valence-electron chi connectivity index (χ2n) is 4.81. The normalized spacial score (nSPS) is 34.2. The summed E-state index contributed by atoms with van der Waals surface area (Å²) in [6.45, 7) is 6.23. The summed E-state index contributed by atoms with van der Waals surface area (Å²) in [5.41, 5.74) is 6.00. The summed E-state index contributed by atoms with van der Waals surface area (Å²) in [4.78, 5) is 2.40. The largest absolute Gasteiger partial charge is 0.377 e. The second kappa shape index (κ2) is 3.56. The van der Waals surface area contributed by atoms with Crippen LogP contribution in [0.5, 0.6) is 0 Å². The predicted molar refractivity (Wildman–Crippen MR) is 52.6 cm³/mol. The first-order valence-electron chi connectivity index (χ1n) is 5.29. The van der Waals surface area contributed by atoms with Crippen LogP contribution in [0, 0.1) is 0 Å². The Morgan fingerprint density at radius 1 is 1.46 bits per heavy atom. The van der Waals surface area contributed by atoms with Crippen molar-refractivity contribution in [3.05, 3.63) is 0 Å². The van der Waals surface area contributed by atoms with Crippen LogP contribution in [0.2, 0.25) is 0 Å². The van der Waals surface area contributed by atoms with Crippen LogP contribution in [0.1, 0.15) is 26.2 Å². The van der Waals surface area contributed by atoms with Gasteiger partial charge in [0.25, 0.3) is 0 Å². The molecule has 76 valence electrons. The summed E-state index contributed by atoms with van der Waals surface area (Å²) in [7, 11) is 0. The maximum Gasteiger partial charge on any atom is 0.0702 e. The van der Waals surface area contributed by atoms with Gasteiger partial charge >= 0.3 is 0 Å². The molecule has 2 aliphatic heterocycles. The monoisotopic (exact) mass is 184 g/mol. The average molecular weight is 184 g/mol. The van der Waals surface area contributed by atoms with Crippen molar-refractivity contribution in [1.82, 2.24) is 4.90 Å². The first-order chi connectivity index (χ1) is 6.16. The fourth-order valence-corrected chi connectivity index (χ4v) is 2.34. The highest BCUT2D eigenvalue weighted by atomic mass is 16.5. The van der Waals surface area contributed by atoms with E-state index >= 15 is 0 Å². The van der Waals surface area contributed by atoms with E-state index in [1.807, 2.05) is 0 Å². The van der Waals surface area contributed by atoms with Crippen LogP contribution in [-0.2, 0) is 4.74 Å². The molecule has 13 heavy (non-hydrogen) atoms. The van der Waals surface area contributed by atoms with Crippen LogP contribution < -0.4 is 5.73 Å². The highest BCUT2D eigenvalue weighted by molar-refractivity contribution is 4.96. The molecule has 3 heteroatoms. The first kappa shape index (κ1) is 9.44. The molecule has 1 atom stereocenters. The smallest absolute Gasteiger partial charge is 0.0702 e. The first-order valence-corrected chi connectivity index (χ1v) is 5.29. The van der Waals surface area contributed by atoms with Gasteiger partial charge in [-0.25, -0.2) is 0 Å². The Kier molecular flexibility index (Phi) is 2.58. The van der Waals surface area contributed by atoms with Gasteiger partial charge in [-0.2, -0.15) is 0 Å². The van der Waals surface area contributed by atoms with E-state index in [0.717, 1.165) is 26.2 Å². The minimum Gasteiger partial charge on any atom is -0.377 e. The zero-order valence-corrected chi connectivity index (χ0v) is 8.46. The molecule has 0 spiro atoms. The van der Waals surface area contributed by atoms with Crippen LogP contribution in [-0.4, -0.2) is 42.8 Å². The van der Waals surface area contributed by atoms with Gasteiger partial charge in [-0.05, 0) is 26.2 Å². The summed E-state index contributed by atoms with van der Waals surface area (Å²) >= 11 is 0. The van der Waals surface area contributed by atoms with Gasteiger partial charge in [-0.1, -0.05) is 0 Å². The minimum atomic E-state index is 0.0642. The third kappa shape index (κ3) is 2.42. The second-order valence-corrected chi connectivity index (χ2v) is 4.81. The molecule has 0 amide bonds. The highest BCUT2D eigenvalue weighted by Crippen LogP contribution is 2.20. The molecule has 0 aromatic heterocycles. The number of nitrogens with two attached hydrogens (primary N) is 1. The Labute approximate surface area is 80.2 Å². The topological polar surface area (TPSA) is 38.5 Å². The lowest BCUT2D eigenvalue weighted by atomic mass is 9.93. The van der Waals surface area contributed by atoms with Crippen LogP contribution in [0.25, 0.3) is 0 Å². The van der Waals surface area contributed by atoms with Crippen molar-refractivity contribution in [2.45, 2.75) is 37.8 Å². The third-order valence-corrected chi connectivity index (χ3v) is 2.91. The van der Waals surface area contributed by atoms with E-state index in [0.29, 0.717) is 6.10 Å². The van der Waals surface area contributed by atoms with Gasteiger partial charge in [0.1, 0.15) is 0 Å². The van der Waals surface area contributed by atoms with Crippen molar-refractivity contribution >= 4 is 0 Å². The summed E-state index contributed by atoms with van der Waals surface area (Å²) in [5, 5.41) is 0. The Balaban J connectivity index is 1.68. The molecule has 2 saturated heterocycles. The minimum absolute atomic E-state index is 0.0642. The van der Waals surface area contributed by atoms with E-state index in [1.165, 1.54) is 19.3 Å². The number of likely N-dealkylation sites (tertiary alicyclic amines) is 1. The lowest BCUT2D eigenvalue weighted by Gasteiger charge is -2.47. The average Bonchev–Trinajstić information content (AvgIpc) is 2.03. The Hall–Kier alpha value is -0.120. The van der Waals surface area contributed by atoms with Crippen LogP contribution >= 0.6 is 0 Å². The Morgan fingerprint density at radius 2 is 2.23 bits per heavy atom. The van der Waals surface area contributed by atoms with E-state index in [2.05, 4.69) is 11.8 Å². The van der Waals surface area contributed by atoms with Crippen molar-refractivity contribution in [3.63, 3.8) is 0 Å². The molecule has 2 rings (SSSR count). The molecule has 2 N–H and O–H groups in total. The molecule has 3 nitrogen and oxygen atoms in total. The number of rotatable bonds is 2. The zero-order chi connectivity index (χ0) is 9.31. The van der Waals surface area contributed by atoms with Crippen molar-refractivity contribution in [1.29, 1.82) is 0 Å². The molecule has 0 aromatic carbocycles. The SMILES string of the molecule is CC1(N)CN(CC2CCCCO2)C1. The predicted octanol–water partition coefficient (Wildman–Crippen LogP) is 0.588. The van der Waals surface area contributed by atoms with Gasteiger partial charge in [-0.15, -0.1) is 0 Å². The maximum atomic E-state index is 5.93. The molecular weight excluding hydrogens is 164 g/mol. The van der Waals surface area contributed by atoms with Crippen LogP contribution in [0.3, 0.4) is 0 Å². The van der Waals surface area contributed by atoms with Crippen molar-refractivity contribution < 1.29 is 4.74 Å². The van der Waals surface area contributed by atoms with Gasteiger partial charge in [0.2, 0.25) is 0 Å². The van der Waals surface area contributed by atoms with E-state index in [9.17, 15) is 0 Å². The van der Waals surface area contributed by atoms with Crippen molar-refractivity contribution in [3.8, 4) is 0 Å². The Bertz CT molecular complexity index is 168. The number of hydrogen-bond acceptors (Lipinski definition) is 3. The summed E-state index contributed by atoms with van der Waals surface area (Å²) in [6.07, 6.45) is 4.28. The molecule has 2 aliphatic rings. The molecule has 0 bridgehead atoms. The van der Waals surface area contributed by atoms with Crippen molar-refractivity contribution in [2.75, 3.05) is 26.2 Å². The molecule has 2 fully saturated rings. The fraction of sp³-hybridized carbons (Fsp3) is 1.00. The van der Waals surface area contributed by atoms with E-state index in [-0.39, 0.29) is 5.54 Å². The molecule has 2 heterocycles. The lowest BCUT2D eigenvalue weighted by Crippen LogP contribution is -2.66. The lowest BCUT2D eigenvalue weighted by molar-refractivity contribution is -0.0327. The molecule has 0 radical (unpaired) electrons. The quantitative estimate of drug-likeness (QED) is 0.682. The Morgan fingerprint density at radius 3 is 2.77 bits per heavy atom. The summed E-state index contributed by atoms with van der Waals surface area (Å²) < 4.78 is 5.67. The van der Waals surface area contributed by atoms with Crippen LogP contribution in [0.4, 0.5) is 0 Å². The maximum absolute atomic E-state index is 5.93. The molecular formula is C10H20N2O. The van der Waals surface area contributed by atoms with E-state index in [4.69, 9.17) is 10.5 Å². The molecule has 1 unspecified atom stereocenters. The zero-order valence-electron chi connectivity index (χ0n) is 8.46. The van der Waals surface area contributed by atoms with Gasteiger partial charge in [0.05, 0.1) is 6.10 Å². The summed E-state index contributed by atoms with van der Waals surface area (Å²) in [5.74, 6) is 0. The molecule has 0 saturated carbocycles. The van der Waals surface area contributed by atoms with Gasteiger partial charge in [-0.3, -0.25) is 4.90 Å². The van der Waals surface area contributed by atoms with E-state index in [1.54, 1.807) is 0 Å². The number of nitrogens with zero attached hydrogens (tertiary/aromatic N) is 1. The fourth-order valence-electron chi connectivity index (χ4n) is 2.34. The van der Waals surface area contributed by atoms with Crippen molar-refractivity contribution in [2.24, 2.45) is 5.73 Å². The standard InChI is InChI=1S/C10H20N2O/c1-10(11)7-12(8-10)6-9-4-2-3-5-13-9/h9H,2-8,11H2,1H3. The third-order valence-electron chi connectivity index (χ3n) is 2.91. The molecule has 0 aliphatic carbocycles.